The molecule has 108 valence electrons. The summed E-state index contributed by atoms with van der Waals surface area (Å²) < 4.78 is 14.7. The monoisotopic (exact) mass is 347 g/mol. The number of hydrogen-bond donors (Lipinski definition) is 0. The van der Waals surface area contributed by atoms with Crippen LogP contribution in [0.3, 0.4) is 0 Å². The number of halogens is 2. The van der Waals surface area contributed by atoms with Gasteiger partial charge in [-0.25, -0.2) is 4.39 Å². The fourth-order valence-electron chi connectivity index (χ4n) is 2.86. The van der Waals surface area contributed by atoms with Crippen LogP contribution in [0.15, 0.2) is 40.9 Å². The van der Waals surface area contributed by atoms with Gasteiger partial charge in [-0.2, -0.15) is 0 Å². The van der Waals surface area contributed by atoms with E-state index < -0.39 is 5.82 Å². The minimum Gasteiger partial charge on any atom is -0.308 e. The lowest BCUT2D eigenvalue weighted by Gasteiger charge is -2.31. The maximum Gasteiger partial charge on any atom is 0.261 e. The van der Waals surface area contributed by atoms with E-state index in [0.717, 1.165) is 29.7 Å². The standard InChI is InChI=1S/C17H15BrFNO/c1-11-4-2-5-12-6-3-9-20(16(11)12)17(21)14-8-7-13(18)10-15(14)19/h2,4-5,7-8,10H,3,6,9H2,1H3. The highest BCUT2D eigenvalue weighted by Gasteiger charge is 2.26. The molecule has 0 radical (unpaired) electrons. The third kappa shape index (κ3) is 2.60. The Morgan fingerprint density at radius 2 is 2.10 bits per heavy atom. The summed E-state index contributed by atoms with van der Waals surface area (Å²) in [6.45, 7) is 2.62. The van der Waals surface area contributed by atoms with E-state index in [0.29, 0.717) is 11.0 Å². The van der Waals surface area contributed by atoms with Crippen LogP contribution in [-0.4, -0.2) is 12.5 Å². The van der Waals surface area contributed by atoms with Crippen molar-refractivity contribution in [1.82, 2.24) is 0 Å². The van der Waals surface area contributed by atoms with E-state index in [1.807, 2.05) is 25.1 Å². The smallest absolute Gasteiger partial charge is 0.261 e. The molecule has 1 aliphatic heterocycles. The van der Waals surface area contributed by atoms with E-state index in [9.17, 15) is 9.18 Å². The number of benzene rings is 2. The molecule has 1 amide bonds. The summed E-state index contributed by atoms with van der Waals surface area (Å²) in [6, 6.07) is 10.6. The topological polar surface area (TPSA) is 20.3 Å². The molecule has 1 aliphatic rings. The first-order chi connectivity index (χ1) is 10.1. The minimum absolute atomic E-state index is 0.120. The van der Waals surface area contributed by atoms with Gasteiger partial charge < -0.3 is 4.90 Å². The number of para-hydroxylation sites is 1. The first-order valence-electron chi connectivity index (χ1n) is 6.93. The lowest BCUT2D eigenvalue weighted by atomic mass is 9.97. The van der Waals surface area contributed by atoms with Crippen molar-refractivity contribution >= 4 is 27.5 Å². The van der Waals surface area contributed by atoms with E-state index in [1.54, 1.807) is 11.0 Å². The highest BCUT2D eigenvalue weighted by atomic mass is 79.9. The third-order valence-electron chi connectivity index (χ3n) is 3.83. The van der Waals surface area contributed by atoms with E-state index in [1.165, 1.54) is 12.1 Å². The number of carbonyl (C=O) groups excluding carboxylic acids is 1. The zero-order valence-electron chi connectivity index (χ0n) is 11.7. The average molecular weight is 348 g/mol. The van der Waals surface area contributed by atoms with Crippen molar-refractivity contribution in [1.29, 1.82) is 0 Å². The molecule has 0 saturated heterocycles. The molecule has 0 fully saturated rings. The first-order valence-corrected chi connectivity index (χ1v) is 7.72. The van der Waals surface area contributed by atoms with Gasteiger partial charge in [0.2, 0.25) is 0 Å². The van der Waals surface area contributed by atoms with Gasteiger partial charge in [-0.15, -0.1) is 0 Å². The van der Waals surface area contributed by atoms with Gasteiger partial charge in [-0.3, -0.25) is 4.79 Å². The number of nitrogens with zero attached hydrogens (tertiary/aromatic N) is 1. The summed E-state index contributed by atoms with van der Waals surface area (Å²) in [4.78, 5) is 14.4. The van der Waals surface area contributed by atoms with Gasteiger partial charge in [0, 0.05) is 11.0 Å². The zero-order chi connectivity index (χ0) is 15.0. The number of rotatable bonds is 1. The molecule has 0 spiro atoms. The maximum absolute atomic E-state index is 14.1. The van der Waals surface area contributed by atoms with Crippen molar-refractivity contribution in [3.63, 3.8) is 0 Å². The van der Waals surface area contributed by atoms with E-state index in [4.69, 9.17) is 0 Å². The second-order valence-electron chi connectivity index (χ2n) is 5.27. The molecule has 0 atom stereocenters. The Bertz CT molecular complexity index is 714. The van der Waals surface area contributed by atoms with E-state index in [-0.39, 0.29) is 11.5 Å². The Morgan fingerprint density at radius 3 is 2.86 bits per heavy atom. The molecule has 2 nitrogen and oxygen atoms in total. The van der Waals surface area contributed by atoms with Crippen LogP contribution in [0.1, 0.15) is 27.9 Å². The summed E-state index contributed by atoms with van der Waals surface area (Å²) in [5.41, 5.74) is 3.27. The molecule has 0 aliphatic carbocycles. The van der Waals surface area contributed by atoms with Crippen LogP contribution in [0, 0.1) is 12.7 Å². The molecule has 0 unspecified atom stereocenters. The molecule has 0 saturated carbocycles. The van der Waals surface area contributed by atoms with E-state index in [2.05, 4.69) is 15.9 Å². The second-order valence-corrected chi connectivity index (χ2v) is 6.18. The van der Waals surface area contributed by atoms with Crippen molar-refractivity contribution in [2.45, 2.75) is 19.8 Å². The summed E-state index contributed by atoms with van der Waals surface area (Å²) >= 11 is 3.21. The second kappa shape index (κ2) is 5.60. The molecule has 0 N–H and O–H groups in total. The number of amides is 1. The Morgan fingerprint density at radius 1 is 1.29 bits per heavy atom. The normalized spacial score (nSPS) is 14.0. The summed E-state index contributed by atoms with van der Waals surface area (Å²) in [6.07, 6.45) is 1.87. The molecule has 2 aromatic carbocycles. The number of hydrogen-bond acceptors (Lipinski definition) is 1. The Balaban J connectivity index is 2.04. The van der Waals surface area contributed by atoms with Gasteiger partial charge in [-0.1, -0.05) is 34.1 Å². The molecule has 3 rings (SSSR count). The maximum atomic E-state index is 14.1. The molecule has 0 bridgehead atoms. The fourth-order valence-corrected chi connectivity index (χ4v) is 3.19. The number of anilines is 1. The predicted octanol–water partition coefficient (Wildman–Crippen LogP) is 4.49. The molecule has 0 aromatic heterocycles. The lowest BCUT2D eigenvalue weighted by Crippen LogP contribution is -2.36. The van der Waals surface area contributed by atoms with Gasteiger partial charge in [0.25, 0.3) is 5.91 Å². The largest absolute Gasteiger partial charge is 0.308 e. The Labute approximate surface area is 131 Å². The third-order valence-corrected chi connectivity index (χ3v) is 4.32. The average Bonchev–Trinajstić information content (AvgIpc) is 2.46. The number of fused-ring (bicyclic) bond motifs is 1. The van der Waals surface area contributed by atoms with Gasteiger partial charge in [-0.05, 0) is 49.1 Å². The van der Waals surface area contributed by atoms with Crippen LogP contribution in [-0.2, 0) is 6.42 Å². The van der Waals surface area contributed by atoms with Crippen LogP contribution in [0.5, 0.6) is 0 Å². The van der Waals surface area contributed by atoms with Gasteiger partial charge >= 0.3 is 0 Å². The molecular formula is C17H15BrFNO. The minimum atomic E-state index is -0.491. The molecular weight excluding hydrogens is 333 g/mol. The number of aryl methyl sites for hydroxylation is 2. The summed E-state index contributed by atoms with van der Waals surface area (Å²) in [5, 5.41) is 0. The Kier molecular flexibility index (Phi) is 3.81. The van der Waals surface area contributed by atoms with Crippen LogP contribution < -0.4 is 4.90 Å². The highest BCUT2D eigenvalue weighted by molar-refractivity contribution is 9.10. The van der Waals surface area contributed by atoms with Crippen molar-refractivity contribution in [3.8, 4) is 0 Å². The van der Waals surface area contributed by atoms with Crippen molar-refractivity contribution in [2.24, 2.45) is 0 Å². The molecule has 2 aromatic rings. The molecule has 21 heavy (non-hydrogen) atoms. The summed E-state index contributed by atoms with van der Waals surface area (Å²) in [7, 11) is 0. The van der Waals surface area contributed by atoms with Crippen molar-refractivity contribution in [3.05, 3.63) is 63.4 Å². The predicted molar refractivity (Wildman–Crippen MR) is 85.3 cm³/mol. The van der Waals surface area contributed by atoms with Gasteiger partial charge in [0.05, 0.1) is 11.3 Å². The fraction of sp³-hybridized carbons (Fsp3) is 0.235. The van der Waals surface area contributed by atoms with Gasteiger partial charge in [0.15, 0.2) is 0 Å². The van der Waals surface area contributed by atoms with Gasteiger partial charge in [0.1, 0.15) is 5.82 Å². The molecule has 1 heterocycles. The lowest BCUT2D eigenvalue weighted by molar-refractivity contribution is 0.0981. The molecule has 4 heteroatoms. The van der Waals surface area contributed by atoms with Crippen molar-refractivity contribution in [2.75, 3.05) is 11.4 Å². The highest BCUT2D eigenvalue weighted by Crippen LogP contribution is 2.32. The van der Waals surface area contributed by atoms with Crippen molar-refractivity contribution < 1.29 is 9.18 Å². The van der Waals surface area contributed by atoms with Crippen LogP contribution in [0.25, 0.3) is 0 Å². The zero-order valence-corrected chi connectivity index (χ0v) is 13.3. The number of carbonyl (C=O) groups is 1. The van der Waals surface area contributed by atoms with E-state index >= 15 is 0 Å². The van der Waals surface area contributed by atoms with Crippen LogP contribution in [0.2, 0.25) is 0 Å². The quantitative estimate of drug-likeness (QED) is 0.744. The van der Waals surface area contributed by atoms with Crippen LogP contribution >= 0.6 is 15.9 Å². The van der Waals surface area contributed by atoms with Crippen LogP contribution in [0.4, 0.5) is 10.1 Å². The Hall–Kier alpha value is -1.68. The SMILES string of the molecule is Cc1cccc2c1N(C(=O)c1ccc(Br)cc1F)CCC2. The summed E-state index contributed by atoms with van der Waals surface area (Å²) in [5.74, 6) is -0.759. The first kappa shape index (κ1) is 14.3.